The predicted octanol–water partition coefficient (Wildman–Crippen LogP) is -3.34. The molecule has 29 nitrogen and oxygen atoms in total. The van der Waals surface area contributed by atoms with Crippen molar-refractivity contribution in [2.24, 2.45) is 5.92 Å². The molecule has 0 spiro atoms. The summed E-state index contributed by atoms with van der Waals surface area (Å²) in [6, 6.07) is 6.99. The van der Waals surface area contributed by atoms with Crippen LogP contribution in [0.15, 0.2) is 53.6 Å². The Morgan fingerprint density at radius 3 is 2.16 bits per heavy atom. The normalized spacial score (nSPS) is 22.4. The number of carbonyl (C=O) groups excluding carboxylic acids is 13. The van der Waals surface area contributed by atoms with Crippen LogP contribution in [-0.2, 0) is 75.3 Å². The van der Waals surface area contributed by atoms with Gasteiger partial charge in [-0.15, -0.1) is 11.8 Å². The van der Waals surface area contributed by atoms with E-state index in [1.807, 2.05) is 30.5 Å². The average Bonchev–Trinajstić information content (AvgIpc) is 1.97. The second-order valence-electron chi connectivity index (χ2n) is 21.3. The lowest BCUT2D eigenvalue weighted by Crippen LogP contribution is -2.60. The SMILES string of the molecule is CC[C@H](C)[C@@H]1NC(=O)CNC(=O)[C@H](Cc2c(SC)[nH]c3ccccc23)NC(=O)[C@H](C[C@@H](O)CO)NC2CCCN2C(=O)[C@H](CC(=O)NCc2ccc(NC(=O)[C@H](C)NC(=O)CNC(=O)CCN3C(=O)CC(S)C3=O)cc2)NC(=O)CNC(=O)CNC1=O. The summed E-state index contributed by atoms with van der Waals surface area (Å²) in [4.78, 5) is 178. The van der Waals surface area contributed by atoms with Crippen LogP contribution in [0.3, 0.4) is 0 Å². The number of likely N-dealkylation sites (tertiary alicyclic amines) is 1. The average molecular weight is 1250 g/mol. The molecular formula is C56H76N14O15S2. The number of para-hydroxylation sites is 1. The highest BCUT2D eigenvalue weighted by Gasteiger charge is 2.40. The van der Waals surface area contributed by atoms with Gasteiger partial charge in [-0.2, -0.15) is 12.6 Å². The van der Waals surface area contributed by atoms with E-state index < -0.39 is 176 Å². The molecule has 0 aliphatic carbocycles. The lowest BCUT2D eigenvalue weighted by atomic mass is 9.98. The second-order valence-corrected chi connectivity index (χ2v) is 22.7. The maximum Gasteiger partial charge on any atom is 0.246 e. The van der Waals surface area contributed by atoms with Crippen LogP contribution in [0.4, 0.5) is 5.69 Å². The highest BCUT2D eigenvalue weighted by atomic mass is 32.2. The summed E-state index contributed by atoms with van der Waals surface area (Å²) in [5.74, 6) is -9.60. The van der Waals surface area contributed by atoms with Gasteiger partial charge in [0.1, 0.15) is 24.2 Å². The van der Waals surface area contributed by atoms with Crippen molar-refractivity contribution in [3.63, 3.8) is 0 Å². The fraction of sp³-hybridized carbons (Fsp3) is 0.518. The third-order valence-electron chi connectivity index (χ3n) is 14.8. The number of nitrogens with zero attached hydrogens (tertiary/aromatic N) is 2. The van der Waals surface area contributed by atoms with Crippen LogP contribution in [0.2, 0.25) is 0 Å². The lowest BCUT2D eigenvalue weighted by Gasteiger charge is -2.33. The van der Waals surface area contributed by atoms with E-state index in [4.69, 9.17) is 0 Å². The van der Waals surface area contributed by atoms with Crippen LogP contribution in [0, 0.1) is 5.92 Å². The molecule has 13 amide bonds. The molecule has 0 saturated carbocycles. The van der Waals surface area contributed by atoms with Crippen molar-refractivity contribution in [3.8, 4) is 0 Å². The van der Waals surface area contributed by atoms with Gasteiger partial charge < -0.3 is 73.3 Å². The van der Waals surface area contributed by atoms with Crippen molar-refractivity contribution in [2.75, 3.05) is 57.4 Å². The summed E-state index contributed by atoms with van der Waals surface area (Å²) in [6.45, 7) is 1.49. The fourth-order valence-electron chi connectivity index (χ4n) is 9.81. The van der Waals surface area contributed by atoms with Crippen LogP contribution >= 0.6 is 24.4 Å². The molecule has 3 aromatic rings. The van der Waals surface area contributed by atoms with Gasteiger partial charge in [-0.1, -0.05) is 50.6 Å². The van der Waals surface area contributed by atoms with Gasteiger partial charge in [0.25, 0.3) is 0 Å². The first-order valence-electron chi connectivity index (χ1n) is 28.4. The van der Waals surface area contributed by atoms with Gasteiger partial charge in [0.2, 0.25) is 76.8 Å². The molecule has 6 rings (SSSR count). The first kappa shape index (κ1) is 68.0. The number of aliphatic hydroxyl groups is 2. The molecule has 2 unspecified atom stereocenters. The maximum atomic E-state index is 14.7. The standard InChI is InChI=1S/C56H76N14O15S2/c1-5-29(2)49-53(83)61-24-44(75)59-26-46(77)65-39(21-43(74)57-23-31-12-14-32(15-13-31)63-50(80)30(3)62-45(76)25-58-42(73)16-18-70-48(79)22-40(86)56(70)85)55(84)69-17-8-11-41(69)64-37(19-33(72)28-71)52(82)66-38(51(81)60-27-47(78)68-49)20-35-34-9-6-7-10-36(34)67-54(35)87-4/h6-7,9-10,12-15,29-30,33,37-41,49,64,67,71-72,86H,5,8,11,16-28H2,1-4H3,(H,57,74)(H,58,73)(H,59,75)(H,60,81)(H,61,83)(H,62,76)(H,63,80)(H,65,77)(H,66,82)(H,68,78)/t29-,30-,33+,37-,38-,39-,40?,41?,49-/m0/s1. The first-order chi connectivity index (χ1) is 41.5. The van der Waals surface area contributed by atoms with E-state index in [2.05, 4.69) is 76.1 Å². The molecule has 1 aromatic heterocycles. The van der Waals surface area contributed by atoms with Gasteiger partial charge in [-0.05, 0) is 67.7 Å². The number of aliphatic hydroxyl groups excluding tert-OH is 2. The van der Waals surface area contributed by atoms with E-state index in [-0.39, 0.29) is 45.3 Å². The lowest BCUT2D eigenvalue weighted by molar-refractivity contribution is -0.140. The van der Waals surface area contributed by atoms with Crippen LogP contribution in [0.25, 0.3) is 10.9 Å². The minimum absolute atomic E-state index is 0.0640. The summed E-state index contributed by atoms with van der Waals surface area (Å²) in [5.41, 5.74) is 2.27. The van der Waals surface area contributed by atoms with E-state index in [9.17, 15) is 72.5 Å². The number of aromatic amines is 1. The van der Waals surface area contributed by atoms with Crippen LogP contribution in [0.5, 0.6) is 0 Å². The van der Waals surface area contributed by atoms with Crippen LogP contribution in [0.1, 0.15) is 76.8 Å². The molecule has 3 saturated heterocycles. The quantitative estimate of drug-likeness (QED) is 0.0299. The number of fused-ring (bicyclic) bond motifs is 2. The number of imide groups is 1. The molecule has 3 aliphatic heterocycles. The van der Waals surface area contributed by atoms with E-state index in [1.54, 1.807) is 26.0 Å². The van der Waals surface area contributed by atoms with Crippen molar-refractivity contribution < 1.29 is 72.5 Å². The van der Waals surface area contributed by atoms with Gasteiger partial charge in [0.15, 0.2) is 0 Å². The summed E-state index contributed by atoms with van der Waals surface area (Å²) < 4.78 is 0. The smallest absolute Gasteiger partial charge is 0.246 e. The van der Waals surface area contributed by atoms with Gasteiger partial charge >= 0.3 is 0 Å². The van der Waals surface area contributed by atoms with E-state index >= 15 is 0 Å². The minimum atomic E-state index is -1.57. The van der Waals surface area contributed by atoms with Crippen molar-refractivity contribution in [1.82, 2.24) is 68.0 Å². The van der Waals surface area contributed by atoms with Gasteiger partial charge in [-0.3, -0.25) is 72.5 Å². The number of nitrogens with one attached hydrogen (secondary N) is 12. The number of thioether (sulfide) groups is 1. The molecule has 2 aromatic carbocycles. The Morgan fingerprint density at radius 1 is 0.782 bits per heavy atom. The zero-order valence-electron chi connectivity index (χ0n) is 48.6. The Morgan fingerprint density at radius 2 is 1.47 bits per heavy atom. The second kappa shape index (κ2) is 32.6. The topological polar surface area (TPSA) is 417 Å². The van der Waals surface area contributed by atoms with E-state index in [0.29, 0.717) is 34.7 Å². The Hall–Kier alpha value is -8.13. The van der Waals surface area contributed by atoms with Gasteiger partial charge in [0.05, 0.1) is 67.8 Å². The predicted molar refractivity (Wildman–Crippen MR) is 318 cm³/mol. The summed E-state index contributed by atoms with van der Waals surface area (Å²) in [5, 5.41) is 50.0. The zero-order valence-corrected chi connectivity index (χ0v) is 50.3. The molecule has 472 valence electrons. The molecule has 0 radical (unpaired) electrons. The number of carbonyl (C=O) groups is 13. The number of rotatable bonds is 20. The summed E-state index contributed by atoms with van der Waals surface area (Å²) >= 11 is 5.41. The highest BCUT2D eigenvalue weighted by Crippen LogP contribution is 2.30. The number of hydrogen-bond acceptors (Lipinski definition) is 18. The monoisotopic (exact) mass is 1250 g/mol. The Labute approximate surface area is 510 Å². The van der Waals surface area contributed by atoms with Crippen molar-refractivity contribution in [3.05, 3.63) is 59.7 Å². The van der Waals surface area contributed by atoms with Crippen LogP contribution in [-0.4, -0.2) is 202 Å². The van der Waals surface area contributed by atoms with Gasteiger partial charge in [-0.25, -0.2) is 0 Å². The molecule has 3 aliphatic rings. The minimum Gasteiger partial charge on any atom is -0.394 e. The highest BCUT2D eigenvalue weighted by molar-refractivity contribution is 7.98. The molecule has 31 heteroatoms. The number of anilines is 1. The third-order valence-corrected chi connectivity index (χ3v) is 16.0. The van der Waals surface area contributed by atoms with Crippen molar-refractivity contribution in [1.29, 1.82) is 0 Å². The number of hydrogen-bond donors (Lipinski definition) is 15. The molecular weight excluding hydrogens is 1170 g/mol. The van der Waals surface area contributed by atoms with Crippen molar-refractivity contribution >= 4 is 118 Å². The fourth-order valence-corrected chi connectivity index (χ4v) is 10.8. The first-order valence-corrected chi connectivity index (χ1v) is 30.2. The van der Waals surface area contributed by atoms with E-state index in [0.717, 1.165) is 15.8 Å². The maximum absolute atomic E-state index is 14.7. The molecule has 9 atom stereocenters. The Kier molecular flexibility index (Phi) is 25.4. The number of thiol groups is 1. The summed E-state index contributed by atoms with van der Waals surface area (Å²) in [7, 11) is 0. The van der Waals surface area contributed by atoms with Gasteiger partial charge in [0, 0.05) is 55.5 Å². The van der Waals surface area contributed by atoms with E-state index in [1.165, 1.54) is 35.7 Å². The van der Waals surface area contributed by atoms with Crippen molar-refractivity contribution in [2.45, 2.75) is 131 Å². The largest absolute Gasteiger partial charge is 0.394 e. The zero-order chi connectivity index (χ0) is 63.5. The number of amides is 13. The molecule has 4 heterocycles. The number of H-pyrrole nitrogens is 1. The van der Waals surface area contributed by atoms with Crippen LogP contribution < -0.4 is 58.5 Å². The molecule has 87 heavy (non-hydrogen) atoms. The molecule has 14 N–H and O–H groups in total. The molecule has 3 fully saturated rings. The summed E-state index contributed by atoms with van der Waals surface area (Å²) in [6.07, 6.45) is -1.02. The Balaban J connectivity index is 1.14. The third kappa shape index (κ3) is 19.7. The Bertz CT molecular complexity index is 3060. The number of benzene rings is 2. The molecule has 0 bridgehead atoms. The number of aromatic nitrogens is 1.